The van der Waals surface area contributed by atoms with Gasteiger partial charge in [-0.1, -0.05) is 32.9 Å². The van der Waals surface area contributed by atoms with Crippen LogP contribution in [-0.4, -0.2) is 13.6 Å². The molecule has 1 aromatic rings. The van der Waals surface area contributed by atoms with Crippen LogP contribution in [0.15, 0.2) is 18.2 Å². The monoisotopic (exact) mass is 216 g/mol. The molecule has 0 N–H and O–H groups in total. The average molecular weight is 216 g/mol. The van der Waals surface area contributed by atoms with Gasteiger partial charge in [0.15, 0.2) is 0 Å². The van der Waals surface area contributed by atoms with Crippen molar-refractivity contribution in [2.75, 3.05) is 18.5 Å². The van der Waals surface area contributed by atoms with E-state index in [0.29, 0.717) is 6.54 Å². The molecule has 0 amide bonds. The minimum atomic E-state index is 0.178. The number of aryl methyl sites for hydroxylation is 1. The van der Waals surface area contributed by atoms with Crippen LogP contribution in [0.4, 0.5) is 5.69 Å². The molecule has 0 atom stereocenters. The highest BCUT2D eigenvalue weighted by molar-refractivity contribution is 5.55. The maximum absolute atomic E-state index is 8.68. The van der Waals surface area contributed by atoms with Crippen molar-refractivity contribution in [3.8, 4) is 6.07 Å². The largest absolute Gasteiger partial charge is 0.361 e. The van der Waals surface area contributed by atoms with Gasteiger partial charge in [0.25, 0.3) is 0 Å². The molecule has 0 radical (unpaired) electrons. The molecular formula is C14H20N2. The van der Waals surface area contributed by atoms with Crippen LogP contribution in [0, 0.1) is 18.3 Å². The first-order valence-electron chi connectivity index (χ1n) is 5.55. The Hall–Kier alpha value is -1.49. The summed E-state index contributed by atoms with van der Waals surface area (Å²) in [6.45, 7) is 9.15. The van der Waals surface area contributed by atoms with Crippen molar-refractivity contribution >= 4 is 5.69 Å². The molecule has 0 spiro atoms. The third-order valence-corrected chi connectivity index (χ3v) is 2.78. The van der Waals surface area contributed by atoms with E-state index in [1.54, 1.807) is 0 Å². The molecule has 86 valence electrons. The van der Waals surface area contributed by atoms with E-state index in [0.717, 1.165) is 5.69 Å². The lowest BCUT2D eigenvalue weighted by Gasteiger charge is -2.23. The Balaban J connectivity index is 3.06. The van der Waals surface area contributed by atoms with Gasteiger partial charge < -0.3 is 4.90 Å². The zero-order valence-electron chi connectivity index (χ0n) is 10.8. The molecule has 2 heteroatoms. The quantitative estimate of drug-likeness (QED) is 0.709. The minimum absolute atomic E-state index is 0.178. The number of anilines is 1. The second-order valence-corrected chi connectivity index (χ2v) is 5.27. The van der Waals surface area contributed by atoms with E-state index in [1.165, 1.54) is 11.1 Å². The predicted molar refractivity (Wildman–Crippen MR) is 68.8 cm³/mol. The third kappa shape index (κ3) is 2.76. The van der Waals surface area contributed by atoms with Crippen LogP contribution < -0.4 is 4.90 Å². The van der Waals surface area contributed by atoms with Gasteiger partial charge in [0, 0.05) is 12.7 Å². The molecule has 1 aromatic carbocycles. The zero-order valence-corrected chi connectivity index (χ0v) is 10.8. The van der Waals surface area contributed by atoms with E-state index in [-0.39, 0.29) is 5.41 Å². The fourth-order valence-corrected chi connectivity index (χ4v) is 1.74. The SMILES string of the molecule is Cc1cc(C(C)(C)C)ccc1N(C)CC#N. The Morgan fingerprint density at radius 3 is 2.38 bits per heavy atom. The highest BCUT2D eigenvalue weighted by atomic mass is 15.1. The lowest BCUT2D eigenvalue weighted by atomic mass is 9.86. The van der Waals surface area contributed by atoms with Gasteiger partial charge in [-0.2, -0.15) is 5.26 Å². The molecule has 0 saturated heterocycles. The van der Waals surface area contributed by atoms with E-state index in [1.807, 2.05) is 11.9 Å². The number of benzene rings is 1. The van der Waals surface area contributed by atoms with Crippen LogP contribution in [0.1, 0.15) is 31.9 Å². The van der Waals surface area contributed by atoms with Gasteiger partial charge in [0.1, 0.15) is 6.54 Å². The molecule has 0 unspecified atom stereocenters. The summed E-state index contributed by atoms with van der Waals surface area (Å²) in [6.07, 6.45) is 0. The third-order valence-electron chi connectivity index (χ3n) is 2.78. The number of rotatable bonds is 2. The Labute approximate surface area is 98.5 Å². The summed E-state index contributed by atoms with van der Waals surface area (Å²) < 4.78 is 0. The second kappa shape index (κ2) is 4.57. The van der Waals surface area contributed by atoms with Crippen molar-refractivity contribution in [2.24, 2.45) is 0 Å². The van der Waals surface area contributed by atoms with Crippen LogP contribution in [0.2, 0.25) is 0 Å². The van der Waals surface area contributed by atoms with Crippen LogP contribution in [0.5, 0.6) is 0 Å². The van der Waals surface area contributed by atoms with Gasteiger partial charge in [-0.15, -0.1) is 0 Å². The lowest BCUT2D eigenvalue weighted by Crippen LogP contribution is -2.19. The Bertz CT molecular complexity index is 408. The highest BCUT2D eigenvalue weighted by Crippen LogP contribution is 2.27. The molecule has 2 nitrogen and oxygen atoms in total. The standard InChI is InChI=1S/C14H20N2/c1-11-10-12(14(2,3)4)6-7-13(11)16(5)9-8-15/h6-7,10H,9H2,1-5H3. The van der Waals surface area contributed by atoms with Crippen LogP contribution in [0.25, 0.3) is 0 Å². The summed E-state index contributed by atoms with van der Waals surface area (Å²) in [7, 11) is 1.95. The number of hydrogen-bond acceptors (Lipinski definition) is 2. The van der Waals surface area contributed by atoms with Gasteiger partial charge >= 0.3 is 0 Å². The molecule has 1 rings (SSSR count). The van der Waals surface area contributed by atoms with Gasteiger partial charge in [-0.25, -0.2) is 0 Å². The fourth-order valence-electron chi connectivity index (χ4n) is 1.74. The second-order valence-electron chi connectivity index (χ2n) is 5.27. The highest BCUT2D eigenvalue weighted by Gasteiger charge is 2.15. The number of nitrogens with zero attached hydrogens (tertiary/aromatic N) is 2. The molecule has 0 aliphatic carbocycles. The molecule has 16 heavy (non-hydrogen) atoms. The van der Waals surface area contributed by atoms with Crippen molar-refractivity contribution in [3.63, 3.8) is 0 Å². The van der Waals surface area contributed by atoms with Crippen molar-refractivity contribution in [3.05, 3.63) is 29.3 Å². The Morgan fingerprint density at radius 1 is 1.31 bits per heavy atom. The van der Waals surface area contributed by atoms with E-state index < -0.39 is 0 Å². The summed E-state index contributed by atoms with van der Waals surface area (Å²) in [5.74, 6) is 0. The first-order valence-corrected chi connectivity index (χ1v) is 5.55. The van der Waals surface area contributed by atoms with Crippen LogP contribution in [0.3, 0.4) is 0 Å². The molecule has 0 aromatic heterocycles. The maximum Gasteiger partial charge on any atom is 0.105 e. The number of hydrogen-bond donors (Lipinski definition) is 0. The van der Waals surface area contributed by atoms with E-state index >= 15 is 0 Å². The Kier molecular flexibility index (Phi) is 3.59. The summed E-state index contributed by atoms with van der Waals surface area (Å²) in [5.41, 5.74) is 3.87. The summed E-state index contributed by atoms with van der Waals surface area (Å²) in [4.78, 5) is 1.97. The smallest absolute Gasteiger partial charge is 0.105 e. The molecule has 0 heterocycles. The zero-order chi connectivity index (χ0) is 12.3. The fraction of sp³-hybridized carbons (Fsp3) is 0.500. The molecule has 0 bridgehead atoms. The first kappa shape index (κ1) is 12.6. The first-order chi connectivity index (χ1) is 7.36. The van der Waals surface area contributed by atoms with Crippen molar-refractivity contribution < 1.29 is 0 Å². The van der Waals surface area contributed by atoms with Gasteiger partial charge in [0.2, 0.25) is 0 Å². The minimum Gasteiger partial charge on any atom is -0.361 e. The summed E-state index contributed by atoms with van der Waals surface area (Å²) in [5, 5.41) is 8.68. The van der Waals surface area contributed by atoms with Gasteiger partial charge in [-0.05, 0) is 29.5 Å². The topological polar surface area (TPSA) is 27.0 Å². The van der Waals surface area contributed by atoms with E-state index in [2.05, 4.69) is 52.0 Å². The number of nitriles is 1. The van der Waals surface area contributed by atoms with Crippen LogP contribution >= 0.6 is 0 Å². The molecule has 0 aliphatic heterocycles. The van der Waals surface area contributed by atoms with Crippen molar-refractivity contribution in [1.29, 1.82) is 5.26 Å². The van der Waals surface area contributed by atoms with Gasteiger partial charge in [0.05, 0.1) is 6.07 Å². The van der Waals surface area contributed by atoms with Crippen molar-refractivity contribution in [2.45, 2.75) is 33.1 Å². The molecule has 0 aliphatic rings. The summed E-state index contributed by atoms with van der Waals surface area (Å²) >= 11 is 0. The molecular weight excluding hydrogens is 196 g/mol. The molecule has 0 saturated carbocycles. The van der Waals surface area contributed by atoms with Crippen molar-refractivity contribution in [1.82, 2.24) is 0 Å². The normalized spacial score (nSPS) is 11.0. The summed E-state index contributed by atoms with van der Waals surface area (Å²) in [6, 6.07) is 8.63. The Morgan fingerprint density at radius 2 is 1.94 bits per heavy atom. The predicted octanol–water partition coefficient (Wildman–Crippen LogP) is 3.25. The maximum atomic E-state index is 8.68. The van der Waals surface area contributed by atoms with E-state index in [9.17, 15) is 0 Å². The molecule has 0 fully saturated rings. The van der Waals surface area contributed by atoms with E-state index in [4.69, 9.17) is 5.26 Å². The lowest BCUT2D eigenvalue weighted by molar-refractivity contribution is 0.589. The van der Waals surface area contributed by atoms with Gasteiger partial charge in [-0.3, -0.25) is 0 Å². The van der Waals surface area contributed by atoms with Crippen LogP contribution in [-0.2, 0) is 5.41 Å². The average Bonchev–Trinajstić information content (AvgIpc) is 2.16.